The molecule has 0 aromatic heterocycles. The van der Waals surface area contributed by atoms with Crippen LogP contribution in [0.1, 0.15) is 83.6 Å². The molecule has 1 saturated carbocycles. The van der Waals surface area contributed by atoms with Crippen LogP contribution in [0.4, 0.5) is 4.79 Å². The smallest absolute Gasteiger partial charge is 0.319 e. The molecule has 6 heteroatoms. The maximum atomic E-state index is 13.9. The molecule has 2 heterocycles. The quantitative estimate of drug-likeness (QED) is 0.383. The Bertz CT molecular complexity index is 944. The first-order chi connectivity index (χ1) is 18.1. The van der Waals surface area contributed by atoms with Crippen molar-refractivity contribution in [3.8, 4) is 0 Å². The number of likely N-dealkylation sites (tertiary alicyclic amines) is 1. The number of benzene rings is 1. The van der Waals surface area contributed by atoms with Gasteiger partial charge in [-0.25, -0.2) is 4.79 Å². The summed E-state index contributed by atoms with van der Waals surface area (Å²) >= 11 is 1.71. The topological polar surface area (TPSA) is 38.8 Å². The Balaban J connectivity index is 1.21. The van der Waals surface area contributed by atoms with Gasteiger partial charge < -0.3 is 9.80 Å². The molecule has 5 nitrogen and oxygen atoms in total. The highest BCUT2D eigenvalue weighted by molar-refractivity contribution is 7.97. The minimum absolute atomic E-state index is 0.262. The van der Waals surface area contributed by atoms with Gasteiger partial charge in [0.05, 0.1) is 6.04 Å². The Morgan fingerprint density at radius 2 is 1.73 bits per heavy atom. The molecule has 2 aliphatic heterocycles. The van der Waals surface area contributed by atoms with E-state index in [0.29, 0.717) is 24.2 Å². The highest BCUT2D eigenvalue weighted by atomic mass is 32.2. The standard InChI is InChI=1S/C31H46N4OS/c1-24(2)32-37-29-16-14-25(15-17-29)22-33-20-18-28(19-21-33)35-30(26-10-6-3-4-7-11-26)23-34(31(35)36)27-12-8-5-9-13-27/h3,6,10,14-17,24,27-28,30,32H,4-5,7-9,11-13,18-23H2,1-2H3/t30-/m0/s1. The summed E-state index contributed by atoms with van der Waals surface area (Å²) in [5, 5.41) is 0. The molecule has 1 atom stereocenters. The third kappa shape index (κ3) is 6.82. The van der Waals surface area contributed by atoms with Crippen LogP contribution in [0.15, 0.2) is 53.0 Å². The molecule has 1 N–H and O–H groups in total. The summed E-state index contributed by atoms with van der Waals surface area (Å²) in [5.41, 5.74) is 2.86. The third-order valence-electron chi connectivity index (χ3n) is 8.59. The highest BCUT2D eigenvalue weighted by Crippen LogP contribution is 2.35. The van der Waals surface area contributed by atoms with Crippen molar-refractivity contribution in [2.24, 2.45) is 0 Å². The van der Waals surface area contributed by atoms with Gasteiger partial charge in [-0.05, 0) is 94.0 Å². The zero-order valence-corrected chi connectivity index (χ0v) is 23.7. The van der Waals surface area contributed by atoms with Crippen molar-refractivity contribution in [2.75, 3.05) is 19.6 Å². The molecule has 37 heavy (non-hydrogen) atoms. The van der Waals surface area contributed by atoms with Gasteiger partial charge in [0.25, 0.3) is 0 Å². The Morgan fingerprint density at radius 3 is 2.46 bits per heavy atom. The summed E-state index contributed by atoms with van der Waals surface area (Å²) in [6.07, 6.45) is 18.7. The lowest BCUT2D eigenvalue weighted by Gasteiger charge is -2.39. The zero-order valence-electron chi connectivity index (χ0n) is 22.9. The fourth-order valence-corrected chi connectivity index (χ4v) is 7.22. The average Bonchev–Trinajstić information content (AvgIpc) is 3.07. The zero-order chi connectivity index (χ0) is 25.6. The summed E-state index contributed by atoms with van der Waals surface area (Å²) in [6, 6.07) is 10.9. The number of hydrogen-bond donors (Lipinski definition) is 1. The number of amides is 2. The molecule has 2 saturated heterocycles. The number of hydrogen-bond acceptors (Lipinski definition) is 4. The van der Waals surface area contributed by atoms with Crippen LogP contribution in [-0.2, 0) is 6.54 Å². The average molecular weight is 523 g/mol. The van der Waals surface area contributed by atoms with Crippen LogP contribution < -0.4 is 4.72 Å². The van der Waals surface area contributed by atoms with Gasteiger partial charge in [0.2, 0.25) is 0 Å². The van der Waals surface area contributed by atoms with Gasteiger partial charge in [0.15, 0.2) is 0 Å². The van der Waals surface area contributed by atoms with Crippen molar-refractivity contribution in [2.45, 2.75) is 114 Å². The number of rotatable bonds is 8. The van der Waals surface area contributed by atoms with Crippen molar-refractivity contribution in [1.29, 1.82) is 0 Å². The minimum atomic E-state index is 0.262. The van der Waals surface area contributed by atoms with Gasteiger partial charge >= 0.3 is 6.03 Å². The fraction of sp³-hybridized carbons (Fsp3) is 0.645. The molecule has 0 unspecified atom stereocenters. The number of carbonyl (C=O) groups excluding carboxylic acids is 1. The number of urea groups is 1. The summed E-state index contributed by atoms with van der Waals surface area (Å²) in [4.78, 5) is 22.4. The van der Waals surface area contributed by atoms with Crippen LogP contribution >= 0.6 is 11.9 Å². The Morgan fingerprint density at radius 1 is 0.973 bits per heavy atom. The Labute approximate surface area is 228 Å². The first-order valence-electron chi connectivity index (χ1n) is 14.8. The van der Waals surface area contributed by atoms with Gasteiger partial charge in [-0.2, -0.15) is 0 Å². The van der Waals surface area contributed by atoms with Crippen molar-refractivity contribution in [3.63, 3.8) is 0 Å². The molecular weight excluding hydrogens is 476 g/mol. The monoisotopic (exact) mass is 522 g/mol. The SMILES string of the molecule is CC(C)NSc1ccc(CN2CCC(N3C(=O)N(C4CCCCC4)C[C@H]3C3=CC=CCCC3)CC2)cc1. The van der Waals surface area contributed by atoms with E-state index in [1.807, 2.05) is 0 Å². The van der Waals surface area contributed by atoms with E-state index in [2.05, 4.69) is 75.8 Å². The Kier molecular flexibility index (Phi) is 9.33. The van der Waals surface area contributed by atoms with Crippen LogP contribution in [0.2, 0.25) is 0 Å². The summed E-state index contributed by atoms with van der Waals surface area (Å²) < 4.78 is 3.42. The van der Waals surface area contributed by atoms with Crippen molar-refractivity contribution in [1.82, 2.24) is 19.4 Å². The molecule has 3 fully saturated rings. The maximum absolute atomic E-state index is 13.9. The predicted molar refractivity (Wildman–Crippen MR) is 155 cm³/mol. The van der Waals surface area contributed by atoms with Gasteiger partial charge in [-0.15, -0.1) is 0 Å². The molecule has 2 amide bonds. The maximum Gasteiger partial charge on any atom is 0.321 e. The molecule has 1 aromatic rings. The van der Waals surface area contributed by atoms with Gasteiger partial charge in [-0.1, -0.05) is 49.6 Å². The summed E-state index contributed by atoms with van der Waals surface area (Å²) in [7, 11) is 0. The van der Waals surface area contributed by atoms with E-state index in [1.54, 1.807) is 11.9 Å². The van der Waals surface area contributed by atoms with E-state index in [0.717, 1.165) is 51.9 Å². The highest BCUT2D eigenvalue weighted by Gasteiger charge is 2.45. The van der Waals surface area contributed by atoms with E-state index in [9.17, 15) is 4.79 Å². The second kappa shape index (κ2) is 12.9. The van der Waals surface area contributed by atoms with Crippen LogP contribution in [0.5, 0.6) is 0 Å². The second-order valence-electron chi connectivity index (χ2n) is 11.7. The van der Waals surface area contributed by atoms with Crippen molar-refractivity contribution >= 4 is 18.0 Å². The van der Waals surface area contributed by atoms with E-state index in [4.69, 9.17) is 0 Å². The lowest BCUT2D eigenvalue weighted by Crippen LogP contribution is -2.50. The number of allylic oxidation sites excluding steroid dienone is 3. The van der Waals surface area contributed by atoms with E-state index in [1.165, 1.54) is 54.6 Å². The van der Waals surface area contributed by atoms with Crippen LogP contribution in [0.3, 0.4) is 0 Å². The molecule has 0 radical (unpaired) electrons. The van der Waals surface area contributed by atoms with Crippen molar-refractivity contribution < 1.29 is 4.79 Å². The minimum Gasteiger partial charge on any atom is -0.319 e. The third-order valence-corrected chi connectivity index (χ3v) is 9.69. The molecule has 1 aromatic carbocycles. The molecule has 2 aliphatic carbocycles. The normalized spacial score (nSPS) is 24.7. The van der Waals surface area contributed by atoms with Crippen LogP contribution in [0.25, 0.3) is 0 Å². The number of piperidine rings is 1. The van der Waals surface area contributed by atoms with E-state index in [-0.39, 0.29) is 6.04 Å². The second-order valence-corrected chi connectivity index (χ2v) is 12.6. The molecule has 5 rings (SSSR count). The van der Waals surface area contributed by atoms with Crippen LogP contribution in [-0.4, -0.2) is 64.5 Å². The fourth-order valence-electron chi connectivity index (χ4n) is 6.57. The number of nitrogens with zero attached hydrogens (tertiary/aromatic N) is 3. The molecular formula is C31H46N4OS. The van der Waals surface area contributed by atoms with Gasteiger partial charge in [0.1, 0.15) is 0 Å². The molecule has 0 bridgehead atoms. The lowest BCUT2D eigenvalue weighted by atomic mass is 9.94. The van der Waals surface area contributed by atoms with E-state index >= 15 is 0 Å². The first kappa shape index (κ1) is 26.8. The lowest BCUT2D eigenvalue weighted by molar-refractivity contribution is 0.111. The molecule has 4 aliphatic rings. The predicted octanol–water partition coefficient (Wildman–Crippen LogP) is 6.76. The molecule has 0 spiro atoms. The number of nitrogens with one attached hydrogen (secondary N) is 1. The molecule has 202 valence electrons. The van der Waals surface area contributed by atoms with Gasteiger partial charge in [0, 0.05) is 49.2 Å². The summed E-state index contributed by atoms with van der Waals surface area (Å²) in [5.74, 6) is 0. The van der Waals surface area contributed by atoms with Gasteiger partial charge in [-0.3, -0.25) is 9.62 Å². The van der Waals surface area contributed by atoms with Crippen LogP contribution in [0, 0.1) is 0 Å². The van der Waals surface area contributed by atoms with Crippen molar-refractivity contribution in [3.05, 3.63) is 53.6 Å². The largest absolute Gasteiger partial charge is 0.321 e. The van der Waals surface area contributed by atoms with E-state index < -0.39 is 0 Å². The first-order valence-corrected chi connectivity index (χ1v) is 15.6. The Hall–Kier alpha value is -1.76. The number of carbonyl (C=O) groups is 1. The summed E-state index contributed by atoms with van der Waals surface area (Å²) in [6.45, 7) is 8.36.